The standard InChI is InChI=1S/C28H29N5O3/c1-2-36-24(34)15-20-7-3-4-9-23(20)30-28(35)26-31-25(21-8-5-6-19(14-21)16-29)22-12-13-33(27(22)32-26)17-18-10-11-18/h3-9,12-14,18H,2,10-11,15-17,29H2,1H3,(H,30,35). The van der Waals surface area contributed by atoms with Crippen LogP contribution < -0.4 is 11.1 Å². The number of hydrogen-bond donors (Lipinski definition) is 2. The molecule has 1 amide bonds. The summed E-state index contributed by atoms with van der Waals surface area (Å²) >= 11 is 0. The lowest BCUT2D eigenvalue weighted by Crippen LogP contribution is -2.18. The monoisotopic (exact) mass is 483 g/mol. The number of nitrogens with zero attached hydrogens (tertiary/aromatic N) is 3. The van der Waals surface area contributed by atoms with E-state index in [1.165, 1.54) is 12.8 Å². The van der Waals surface area contributed by atoms with Crippen LogP contribution in [0, 0.1) is 5.92 Å². The minimum atomic E-state index is -0.441. The molecule has 5 rings (SSSR count). The number of esters is 1. The van der Waals surface area contributed by atoms with Crippen molar-refractivity contribution in [3.05, 3.63) is 77.7 Å². The summed E-state index contributed by atoms with van der Waals surface area (Å²) in [5.41, 5.74) is 10.3. The molecule has 184 valence electrons. The van der Waals surface area contributed by atoms with Gasteiger partial charge in [0.1, 0.15) is 5.65 Å². The first kappa shape index (κ1) is 23.7. The molecule has 2 aromatic heterocycles. The first-order chi connectivity index (χ1) is 17.6. The summed E-state index contributed by atoms with van der Waals surface area (Å²) in [6, 6.07) is 17.1. The number of nitrogens with one attached hydrogen (secondary N) is 1. The molecule has 3 N–H and O–H groups in total. The van der Waals surface area contributed by atoms with Crippen LogP contribution in [0.1, 0.15) is 41.5 Å². The number of benzene rings is 2. The predicted octanol–water partition coefficient (Wildman–Crippen LogP) is 4.32. The smallest absolute Gasteiger partial charge is 0.310 e. The summed E-state index contributed by atoms with van der Waals surface area (Å²) in [7, 11) is 0. The van der Waals surface area contributed by atoms with Gasteiger partial charge in [-0.05, 0) is 55.0 Å². The molecule has 8 nitrogen and oxygen atoms in total. The van der Waals surface area contributed by atoms with Crippen molar-refractivity contribution in [3.63, 3.8) is 0 Å². The van der Waals surface area contributed by atoms with Crippen molar-refractivity contribution in [2.45, 2.75) is 39.3 Å². The number of para-hydroxylation sites is 1. The fourth-order valence-corrected chi connectivity index (χ4v) is 4.30. The van der Waals surface area contributed by atoms with Gasteiger partial charge in [0.2, 0.25) is 5.82 Å². The van der Waals surface area contributed by atoms with Gasteiger partial charge < -0.3 is 20.4 Å². The van der Waals surface area contributed by atoms with E-state index in [9.17, 15) is 9.59 Å². The number of carbonyl (C=O) groups is 2. The molecule has 0 unspecified atom stereocenters. The molecular weight excluding hydrogens is 454 g/mol. The van der Waals surface area contributed by atoms with Gasteiger partial charge in [0.05, 0.1) is 18.7 Å². The molecule has 0 radical (unpaired) electrons. The quantitative estimate of drug-likeness (QED) is 0.343. The zero-order valence-corrected chi connectivity index (χ0v) is 20.2. The Bertz CT molecular complexity index is 1420. The van der Waals surface area contributed by atoms with Gasteiger partial charge in [-0.25, -0.2) is 9.97 Å². The molecule has 2 heterocycles. The number of amides is 1. The van der Waals surface area contributed by atoms with Crippen LogP contribution in [0.4, 0.5) is 5.69 Å². The number of hydrogen-bond acceptors (Lipinski definition) is 6. The highest BCUT2D eigenvalue weighted by molar-refractivity contribution is 6.04. The highest BCUT2D eigenvalue weighted by atomic mass is 16.5. The van der Waals surface area contributed by atoms with Crippen LogP contribution >= 0.6 is 0 Å². The highest BCUT2D eigenvalue weighted by Gasteiger charge is 2.24. The molecular formula is C28H29N5O3. The largest absolute Gasteiger partial charge is 0.466 e. The van der Waals surface area contributed by atoms with Crippen LogP contribution in [0.15, 0.2) is 60.8 Å². The molecule has 36 heavy (non-hydrogen) atoms. The molecule has 0 saturated heterocycles. The fourth-order valence-electron chi connectivity index (χ4n) is 4.30. The lowest BCUT2D eigenvalue weighted by atomic mass is 10.1. The van der Waals surface area contributed by atoms with Crippen LogP contribution in [-0.4, -0.2) is 33.0 Å². The molecule has 1 fully saturated rings. The maximum absolute atomic E-state index is 13.4. The third-order valence-electron chi connectivity index (χ3n) is 6.32. The molecule has 0 atom stereocenters. The van der Waals surface area contributed by atoms with E-state index in [1.807, 2.05) is 42.6 Å². The summed E-state index contributed by atoms with van der Waals surface area (Å²) in [6.45, 7) is 3.34. The van der Waals surface area contributed by atoms with Gasteiger partial charge in [-0.2, -0.15) is 0 Å². The van der Waals surface area contributed by atoms with Gasteiger partial charge in [0.25, 0.3) is 5.91 Å². The highest BCUT2D eigenvalue weighted by Crippen LogP contribution is 2.33. The van der Waals surface area contributed by atoms with Crippen molar-refractivity contribution in [1.82, 2.24) is 14.5 Å². The first-order valence-electron chi connectivity index (χ1n) is 12.3. The normalized spacial score (nSPS) is 13.1. The van der Waals surface area contributed by atoms with Crippen molar-refractivity contribution in [1.29, 1.82) is 0 Å². The van der Waals surface area contributed by atoms with Crippen molar-refractivity contribution in [2.24, 2.45) is 11.7 Å². The van der Waals surface area contributed by atoms with Crippen molar-refractivity contribution < 1.29 is 14.3 Å². The fraction of sp³-hybridized carbons (Fsp3) is 0.286. The van der Waals surface area contributed by atoms with Gasteiger partial charge >= 0.3 is 5.97 Å². The molecule has 4 aromatic rings. The van der Waals surface area contributed by atoms with Gasteiger partial charge in [-0.15, -0.1) is 0 Å². The zero-order chi connectivity index (χ0) is 25.1. The molecule has 2 aromatic carbocycles. The number of nitrogens with two attached hydrogens (primary N) is 1. The predicted molar refractivity (Wildman–Crippen MR) is 138 cm³/mol. The molecule has 8 heteroatoms. The molecule has 1 saturated carbocycles. The minimum absolute atomic E-state index is 0.0611. The lowest BCUT2D eigenvalue weighted by Gasteiger charge is -2.12. The Balaban J connectivity index is 1.53. The molecule has 0 spiro atoms. The minimum Gasteiger partial charge on any atom is -0.466 e. The number of anilines is 1. The van der Waals surface area contributed by atoms with Crippen molar-refractivity contribution in [2.75, 3.05) is 11.9 Å². The second-order valence-corrected chi connectivity index (χ2v) is 9.04. The number of ether oxygens (including phenoxy) is 1. The van der Waals surface area contributed by atoms with Gasteiger partial charge in [-0.1, -0.05) is 36.4 Å². The SMILES string of the molecule is CCOC(=O)Cc1ccccc1NC(=O)c1nc(-c2cccc(CN)c2)c2ccn(CC3CC3)c2n1. The van der Waals surface area contributed by atoms with E-state index in [0.717, 1.165) is 28.7 Å². The van der Waals surface area contributed by atoms with E-state index in [-0.39, 0.29) is 18.2 Å². The Labute approximate surface area is 209 Å². The Morgan fingerprint density at radius 3 is 2.72 bits per heavy atom. The molecule has 0 bridgehead atoms. The van der Waals surface area contributed by atoms with Crippen LogP contribution in [0.25, 0.3) is 22.3 Å². The zero-order valence-electron chi connectivity index (χ0n) is 20.2. The molecule has 0 aliphatic heterocycles. The third kappa shape index (κ3) is 5.13. The summed E-state index contributed by atoms with van der Waals surface area (Å²) in [6.07, 6.45) is 4.50. The third-order valence-corrected chi connectivity index (χ3v) is 6.32. The average Bonchev–Trinajstić information content (AvgIpc) is 3.62. The lowest BCUT2D eigenvalue weighted by molar-refractivity contribution is -0.142. The van der Waals surface area contributed by atoms with Crippen LogP contribution in [0.3, 0.4) is 0 Å². The Hall–Kier alpha value is -4.04. The topological polar surface area (TPSA) is 112 Å². The van der Waals surface area contributed by atoms with E-state index < -0.39 is 5.91 Å². The summed E-state index contributed by atoms with van der Waals surface area (Å²) in [4.78, 5) is 34.9. The first-order valence-corrected chi connectivity index (χ1v) is 12.3. The van der Waals surface area contributed by atoms with E-state index in [2.05, 4.69) is 14.9 Å². The van der Waals surface area contributed by atoms with Gasteiger partial charge in [0, 0.05) is 35.9 Å². The van der Waals surface area contributed by atoms with Crippen LogP contribution in [0.2, 0.25) is 0 Å². The Kier molecular flexibility index (Phi) is 6.77. The number of aromatic nitrogens is 3. The number of fused-ring (bicyclic) bond motifs is 1. The maximum atomic E-state index is 13.4. The van der Waals surface area contributed by atoms with Crippen LogP contribution in [-0.2, 0) is 29.0 Å². The van der Waals surface area contributed by atoms with E-state index >= 15 is 0 Å². The van der Waals surface area contributed by atoms with E-state index in [4.69, 9.17) is 15.5 Å². The summed E-state index contributed by atoms with van der Waals surface area (Å²) in [5, 5.41) is 3.80. The number of carbonyl (C=O) groups excluding carboxylic acids is 2. The summed E-state index contributed by atoms with van der Waals surface area (Å²) < 4.78 is 7.18. The van der Waals surface area contributed by atoms with E-state index in [1.54, 1.807) is 25.1 Å². The van der Waals surface area contributed by atoms with Crippen molar-refractivity contribution >= 4 is 28.6 Å². The summed E-state index contributed by atoms with van der Waals surface area (Å²) in [5.74, 6) is -0.0793. The van der Waals surface area contributed by atoms with Gasteiger partial charge in [0.15, 0.2) is 0 Å². The second kappa shape index (κ2) is 10.3. The second-order valence-electron chi connectivity index (χ2n) is 9.04. The Morgan fingerprint density at radius 2 is 1.94 bits per heavy atom. The number of rotatable bonds is 9. The maximum Gasteiger partial charge on any atom is 0.310 e. The molecule has 1 aliphatic carbocycles. The average molecular weight is 484 g/mol. The van der Waals surface area contributed by atoms with Gasteiger partial charge in [-0.3, -0.25) is 9.59 Å². The van der Waals surface area contributed by atoms with Crippen molar-refractivity contribution in [3.8, 4) is 11.3 Å². The molecule has 1 aliphatic rings. The van der Waals surface area contributed by atoms with E-state index in [0.29, 0.717) is 36.0 Å². The van der Waals surface area contributed by atoms with Crippen LogP contribution in [0.5, 0.6) is 0 Å². The Morgan fingerprint density at radius 1 is 1.11 bits per heavy atom.